The third kappa shape index (κ3) is 3.63. The van der Waals surface area contributed by atoms with E-state index in [4.69, 9.17) is 9.47 Å². The number of likely N-dealkylation sites (tertiary alicyclic amines) is 1. The molecule has 0 aliphatic carbocycles. The predicted octanol–water partition coefficient (Wildman–Crippen LogP) is 2.37. The molecule has 21 heavy (non-hydrogen) atoms. The van der Waals surface area contributed by atoms with Gasteiger partial charge in [0.05, 0.1) is 19.8 Å². The minimum atomic E-state index is -0.507. The summed E-state index contributed by atoms with van der Waals surface area (Å²) in [6.45, 7) is 2.72. The van der Waals surface area contributed by atoms with E-state index in [9.17, 15) is 4.79 Å². The van der Waals surface area contributed by atoms with Crippen LogP contribution in [0.5, 0.6) is 0 Å². The number of benzene rings is 1. The number of amides is 1. The molecule has 0 aromatic heterocycles. The first-order valence-electron chi connectivity index (χ1n) is 7.87. The molecule has 2 heterocycles. The van der Waals surface area contributed by atoms with Crippen molar-refractivity contribution in [1.29, 1.82) is 0 Å². The molecule has 0 bridgehead atoms. The topological polar surface area (TPSA) is 38.8 Å². The lowest BCUT2D eigenvalue weighted by atomic mass is 10.0. The van der Waals surface area contributed by atoms with Crippen LogP contribution in [0.15, 0.2) is 30.3 Å². The summed E-state index contributed by atoms with van der Waals surface area (Å²) in [6, 6.07) is 10.3. The maximum atomic E-state index is 12.3. The van der Waals surface area contributed by atoms with Gasteiger partial charge in [-0.05, 0) is 24.8 Å². The molecule has 2 fully saturated rings. The zero-order valence-electron chi connectivity index (χ0n) is 12.4. The van der Waals surface area contributed by atoms with E-state index in [1.54, 1.807) is 0 Å². The number of piperidine rings is 1. The SMILES string of the molecule is O=C(CCCc1ccccc1)N1CCCC2(C1)OCCO2. The van der Waals surface area contributed by atoms with E-state index < -0.39 is 5.79 Å². The van der Waals surface area contributed by atoms with Gasteiger partial charge < -0.3 is 14.4 Å². The lowest BCUT2D eigenvalue weighted by Crippen LogP contribution is -2.51. The van der Waals surface area contributed by atoms with Crippen molar-refractivity contribution in [3.8, 4) is 0 Å². The van der Waals surface area contributed by atoms with Gasteiger partial charge in [-0.25, -0.2) is 0 Å². The second-order valence-corrected chi connectivity index (χ2v) is 5.87. The Morgan fingerprint density at radius 3 is 2.71 bits per heavy atom. The van der Waals surface area contributed by atoms with Crippen molar-refractivity contribution < 1.29 is 14.3 Å². The van der Waals surface area contributed by atoms with E-state index in [-0.39, 0.29) is 5.91 Å². The Hall–Kier alpha value is -1.39. The summed E-state index contributed by atoms with van der Waals surface area (Å²) in [5.74, 6) is -0.281. The van der Waals surface area contributed by atoms with Crippen LogP contribution in [0.3, 0.4) is 0 Å². The number of hydrogen-bond donors (Lipinski definition) is 0. The molecule has 0 radical (unpaired) electrons. The molecule has 2 aliphatic heterocycles. The largest absolute Gasteiger partial charge is 0.346 e. The summed E-state index contributed by atoms with van der Waals surface area (Å²) >= 11 is 0. The lowest BCUT2D eigenvalue weighted by molar-refractivity contribution is -0.193. The summed E-state index contributed by atoms with van der Waals surface area (Å²) in [5.41, 5.74) is 1.29. The minimum absolute atomic E-state index is 0.226. The average Bonchev–Trinajstić information content (AvgIpc) is 2.96. The van der Waals surface area contributed by atoms with Crippen LogP contribution in [-0.2, 0) is 20.7 Å². The number of nitrogens with zero attached hydrogens (tertiary/aromatic N) is 1. The number of rotatable bonds is 4. The molecular weight excluding hydrogens is 266 g/mol. The highest BCUT2D eigenvalue weighted by Crippen LogP contribution is 2.30. The van der Waals surface area contributed by atoms with Crippen LogP contribution in [0, 0.1) is 0 Å². The first kappa shape index (κ1) is 14.5. The monoisotopic (exact) mass is 289 g/mol. The van der Waals surface area contributed by atoms with Crippen LogP contribution in [0.2, 0.25) is 0 Å². The molecule has 0 saturated carbocycles. The zero-order chi connectivity index (χ0) is 14.5. The zero-order valence-corrected chi connectivity index (χ0v) is 12.4. The highest BCUT2D eigenvalue weighted by atomic mass is 16.7. The van der Waals surface area contributed by atoms with E-state index in [1.807, 2.05) is 23.1 Å². The molecular formula is C17H23NO3. The van der Waals surface area contributed by atoms with E-state index in [0.29, 0.717) is 26.2 Å². The number of hydrogen-bond acceptors (Lipinski definition) is 3. The maximum Gasteiger partial charge on any atom is 0.222 e. The van der Waals surface area contributed by atoms with Gasteiger partial charge in [0.2, 0.25) is 5.91 Å². The molecule has 1 spiro atoms. The molecule has 4 heteroatoms. The van der Waals surface area contributed by atoms with Crippen molar-refractivity contribution in [2.24, 2.45) is 0 Å². The Morgan fingerprint density at radius 2 is 1.95 bits per heavy atom. The molecule has 2 aliphatic rings. The summed E-state index contributed by atoms with van der Waals surface area (Å²) in [5, 5.41) is 0. The molecule has 1 amide bonds. The van der Waals surface area contributed by atoms with Crippen molar-refractivity contribution in [2.75, 3.05) is 26.3 Å². The Balaban J connectivity index is 1.46. The van der Waals surface area contributed by atoms with Crippen LogP contribution >= 0.6 is 0 Å². The number of aryl methyl sites for hydroxylation is 1. The summed E-state index contributed by atoms with van der Waals surface area (Å²) < 4.78 is 11.4. The van der Waals surface area contributed by atoms with Gasteiger partial charge >= 0.3 is 0 Å². The van der Waals surface area contributed by atoms with Gasteiger partial charge in [-0.15, -0.1) is 0 Å². The van der Waals surface area contributed by atoms with Gasteiger partial charge in [0.15, 0.2) is 5.79 Å². The Morgan fingerprint density at radius 1 is 1.19 bits per heavy atom. The van der Waals surface area contributed by atoms with E-state index in [0.717, 1.165) is 32.2 Å². The fourth-order valence-corrected chi connectivity index (χ4v) is 3.18. The highest BCUT2D eigenvalue weighted by Gasteiger charge is 2.41. The average molecular weight is 289 g/mol. The molecule has 2 saturated heterocycles. The fourth-order valence-electron chi connectivity index (χ4n) is 3.18. The van der Waals surface area contributed by atoms with Crippen LogP contribution < -0.4 is 0 Å². The second-order valence-electron chi connectivity index (χ2n) is 5.87. The summed E-state index contributed by atoms with van der Waals surface area (Å²) in [6.07, 6.45) is 4.32. The molecule has 0 atom stereocenters. The van der Waals surface area contributed by atoms with Gasteiger partial charge in [0.25, 0.3) is 0 Å². The molecule has 3 rings (SSSR count). The summed E-state index contributed by atoms with van der Waals surface area (Å²) in [4.78, 5) is 14.3. The highest BCUT2D eigenvalue weighted by molar-refractivity contribution is 5.76. The second kappa shape index (κ2) is 6.58. The molecule has 4 nitrogen and oxygen atoms in total. The van der Waals surface area contributed by atoms with Crippen molar-refractivity contribution in [2.45, 2.75) is 37.9 Å². The Labute approximate surface area is 126 Å². The predicted molar refractivity (Wildman–Crippen MR) is 79.8 cm³/mol. The summed E-state index contributed by atoms with van der Waals surface area (Å²) in [7, 11) is 0. The molecule has 0 N–H and O–H groups in total. The number of carbonyl (C=O) groups excluding carboxylic acids is 1. The minimum Gasteiger partial charge on any atom is -0.346 e. The molecule has 1 aromatic carbocycles. The van der Waals surface area contributed by atoms with Gasteiger partial charge in [0.1, 0.15) is 0 Å². The van der Waals surface area contributed by atoms with E-state index in [2.05, 4.69) is 12.1 Å². The van der Waals surface area contributed by atoms with E-state index >= 15 is 0 Å². The van der Waals surface area contributed by atoms with Crippen molar-refractivity contribution in [3.63, 3.8) is 0 Å². The Bertz CT molecular complexity index is 468. The van der Waals surface area contributed by atoms with Crippen LogP contribution in [0.25, 0.3) is 0 Å². The third-order valence-electron chi connectivity index (χ3n) is 4.28. The van der Waals surface area contributed by atoms with Gasteiger partial charge in [-0.2, -0.15) is 0 Å². The van der Waals surface area contributed by atoms with Crippen molar-refractivity contribution in [3.05, 3.63) is 35.9 Å². The first-order valence-corrected chi connectivity index (χ1v) is 7.87. The van der Waals surface area contributed by atoms with Gasteiger partial charge in [-0.3, -0.25) is 4.79 Å². The Kier molecular flexibility index (Phi) is 4.56. The number of carbonyl (C=O) groups is 1. The molecule has 1 aromatic rings. The number of ether oxygens (including phenoxy) is 2. The van der Waals surface area contributed by atoms with Crippen molar-refractivity contribution in [1.82, 2.24) is 4.90 Å². The third-order valence-corrected chi connectivity index (χ3v) is 4.28. The van der Waals surface area contributed by atoms with Crippen LogP contribution in [0.1, 0.15) is 31.2 Å². The van der Waals surface area contributed by atoms with Crippen LogP contribution in [-0.4, -0.2) is 42.9 Å². The molecule has 114 valence electrons. The maximum absolute atomic E-state index is 12.3. The van der Waals surface area contributed by atoms with Gasteiger partial charge in [0, 0.05) is 19.4 Å². The molecule has 0 unspecified atom stereocenters. The van der Waals surface area contributed by atoms with Gasteiger partial charge in [-0.1, -0.05) is 30.3 Å². The normalized spacial score (nSPS) is 20.9. The quantitative estimate of drug-likeness (QED) is 0.854. The first-order chi connectivity index (χ1) is 10.3. The fraction of sp³-hybridized carbons (Fsp3) is 0.588. The standard InChI is InChI=1S/C17H23NO3/c19-16(9-4-8-15-6-2-1-3-7-15)18-11-5-10-17(14-18)20-12-13-21-17/h1-3,6-7H,4-5,8-14H2. The lowest BCUT2D eigenvalue weighted by Gasteiger charge is -2.38. The van der Waals surface area contributed by atoms with E-state index in [1.165, 1.54) is 5.56 Å². The smallest absolute Gasteiger partial charge is 0.222 e. The van der Waals surface area contributed by atoms with Crippen LogP contribution in [0.4, 0.5) is 0 Å². The van der Waals surface area contributed by atoms with Crippen molar-refractivity contribution >= 4 is 5.91 Å².